The van der Waals surface area contributed by atoms with E-state index in [9.17, 15) is 0 Å². The van der Waals surface area contributed by atoms with Crippen molar-refractivity contribution in [3.63, 3.8) is 0 Å². The lowest BCUT2D eigenvalue weighted by molar-refractivity contribution is 0.206. The molecule has 0 aromatic heterocycles. The van der Waals surface area contributed by atoms with Crippen LogP contribution in [0.4, 0.5) is 5.69 Å². The van der Waals surface area contributed by atoms with Crippen molar-refractivity contribution in [3.8, 4) is 23.0 Å². The second-order valence-electron chi connectivity index (χ2n) is 6.57. The standard InChI is InChI=1S/C24H24ClN3O4S/c1-29-20-10-6-7-11-21(20)31-12-13-32-23-19(25)14-17(15-22(23)30-2)16-26-28-24(33)27-18-8-4-3-5-9-18/h3-11,14-16H,12-13H2,1-2H3,(H2,27,28,33). The zero-order valence-electron chi connectivity index (χ0n) is 18.2. The Kier molecular flexibility index (Phi) is 9.17. The molecule has 0 aliphatic carbocycles. The second kappa shape index (κ2) is 12.5. The van der Waals surface area contributed by atoms with E-state index in [0.717, 1.165) is 5.69 Å². The maximum atomic E-state index is 6.42. The van der Waals surface area contributed by atoms with E-state index in [0.29, 0.717) is 45.3 Å². The van der Waals surface area contributed by atoms with Gasteiger partial charge in [0.05, 0.1) is 25.5 Å². The third-order valence-corrected chi connectivity index (χ3v) is 4.79. The van der Waals surface area contributed by atoms with Crippen molar-refractivity contribution in [3.05, 3.63) is 77.3 Å². The van der Waals surface area contributed by atoms with Crippen molar-refractivity contribution in [1.29, 1.82) is 0 Å². The van der Waals surface area contributed by atoms with Gasteiger partial charge in [-0.15, -0.1) is 0 Å². The number of hydrazone groups is 1. The van der Waals surface area contributed by atoms with Crippen LogP contribution in [0, 0.1) is 0 Å². The molecule has 3 aromatic rings. The third kappa shape index (κ3) is 7.27. The maximum Gasteiger partial charge on any atom is 0.191 e. The zero-order valence-corrected chi connectivity index (χ0v) is 19.8. The number of anilines is 1. The van der Waals surface area contributed by atoms with Crippen molar-refractivity contribution >= 4 is 40.8 Å². The number of nitrogens with one attached hydrogen (secondary N) is 2. The Morgan fingerprint density at radius 1 is 0.909 bits per heavy atom. The SMILES string of the molecule is COc1ccccc1OCCOc1c(Cl)cc(C=NNC(=S)Nc2ccccc2)cc1OC. The molecule has 0 saturated carbocycles. The molecule has 0 radical (unpaired) electrons. The average Bonchev–Trinajstić information content (AvgIpc) is 2.83. The highest BCUT2D eigenvalue weighted by Gasteiger charge is 2.12. The van der Waals surface area contributed by atoms with Crippen LogP contribution in [-0.4, -0.2) is 38.8 Å². The van der Waals surface area contributed by atoms with E-state index in [4.69, 9.17) is 42.8 Å². The van der Waals surface area contributed by atoms with Crippen LogP contribution in [0.5, 0.6) is 23.0 Å². The summed E-state index contributed by atoms with van der Waals surface area (Å²) in [6.07, 6.45) is 1.59. The first kappa shape index (κ1) is 24.2. The molecule has 0 saturated heterocycles. The smallest absolute Gasteiger partial charge is 0.191 e. The van der Waals surface area contributed by atoms with Crippen LogP contribution in [0.25, 0.3) is 0 Å². The van der Waals surface area contributed by atoms with Gasteiger partial charge in [-0.1, -0.05) is 41.9 Å². The van der Waals surface area contributed by atoms with Gasteiger partial charge in [0.25, 0.3) is 0 Å². The van der Waals surface area contributed by atoms with Crippen LogP contribution >= 0.6 is 23.8 Å². The Morgan fingerprint density at radius 3 is 2.30 bits per heavy atom. The topological polar surface area (TPSA) is 73.3 Å². The fourth-order valence-corrected chi connectivity index (χ4v) is 3.28. The van der Waals surface area contributed by atoms with E-state index in [1.807, 2.05) is 54.6 Å². The Labute approximate surface area is 203 Å². The quantitative estimate of drug-likeness (QED) is 0.178. The molecule has 3 rings (SSSR count). The van der Waals surface area contributed by atoms with Crippen LogP contribution in [-0.2, 0) is 0 Å². The van der Waals surface area contributed by atoms with Gasteiger partial charge in [-0.2, -0.15) is 5.10 Å². The van der Waals surface area contributed by atoms with Crippen LogP contribution in [0.3, 0.4) is 0 Å². The van der Waals surface area contributed by atoms with E-state index >= 15 is 0 Å². The van der Waals surface area contributed by atoms with Crippen molar-refractivity contribution in [1.82, 2.24) is 5.43 Å². The van der Waals surface area contributed by atoms with E-state index in [1.165, 1.54) is 0 Å². The Bertz CT molecular complexity index is 1100. The van der Waals surface area contributed by atoms with Crippen molar-refractivity contribution in [2.75, 3.05) is 32.8 Å². The normalized spacial score (nSPS) is 10.5. The maximum absolute atomic E-state index is 6.42. The minimum atomic E-state index is 0.266. The predicted molar refractivity (Wildman–Crippen MR) is 135 cm³/mol. The molecule has 3 aromatic carbocycles. The van der Waals surface area contributed by atoms with Gasteiger partial charge in [0.15, 0.2) is 28.1 Å². The number of hydrogen-bond donors (Lipinski definition) is 2. The van der Waals surface area contributed by atoms with E-state index in [2.05, 4.69) is 15.8 Å². The predicted octanol–water partition coefficient (Wildman–Crippen LogP) is 5.14. The number of thiocarbonyl (C=S) groups is 1. The first-order chi connectivity index (χ1) is 16.1. The molecule has 0 amide bonds. The number of hydrogen-bond acceptors (Lipinski definition) is 6. The zero-order chi connectivity index (χ0) is 23.5. The first-order valence-electron chi connectivity index (χ1n) is 10.0. The Balaban J connectivity index is 1.55. The summed E-state index contributed by atoms with van der Waals surface area (Å²) in [5.74, 6) is 2.20. The van der Waals surface area contributed by atoms with E-state index < -0.39 is 0 Å². The third-order valence-electron chi connectivity index (χ3n) is 4.32. The molecule has 0 unspecified atom stereocenters. The van der Waals surface area contributed by atoms with Gasteiger partial charge in [0, 0.05) is 5.69 Å². The molecule has 2 N–H and O–H groups in total. The molecule has 172 valence electrons. The molecule has 33 heavy (non-hydrogen) atoms. The van der Waals surface area contributed by atoms with E-state index in [-0.39, 0.29) is 6.61 Å². The number of ether oxygens (including phenoxy) is 4. The summed E-state index contributed by atoms with van der Waals surface area (Å²) in [5.41, 5.74) is 4.35. The minimum absolute atomic E-state index is 0.266. The summed E-state index contributed by atoms with van der Waals surface area (Å²) in [6, 6.07) is 20.5. The monoisotopic (exact) mass is 485 g/mol. The molecule has 0 bridgehead atoms. The van der Waals surface area contributed by atoms with Gasteiger partial charge in [-0.25, -0.2) is 0 Å². The number of para-hydroxylation sites is 3. The summed E-state index contributed by atoms with van der Waals surface area (Å²) in [5, 5.41) is 7.93. The number of rotatable bonds is 10. The number of halogens is 1. The summed E-state index contributed by atoms with van der Waals surface area (Å²) < 4.78 is 22.2. The second-order valence-corrected chi connectivity index (χ2v) is 7.39. The fourth-order valence-electron chi connectivity index (χ4n) is 2.83. The number of nitrogens with zero attached hydrogens (tertiary/aromatic N) is 1. The van der Waals surface area contributed by atoms with Gasteiger partial charge in [0.1, 0.15) is 13.2 Å². The van der Waals surface area contributed by atoms with Crippen LogP contribution < -0.4 is 29.7 Å². The lowest BCUT2D eigenvalue weighted by Gasteiger charge is -2.14. The van der Waals surface area contributed by atoms with Crippen LogP contribution in [0.1, 0.15) is 5.56 Å². The summed E-state index contributed by atoms with van der Waals surface area (Å²) in [7, 11) is 3.14. The molecule has 0 atom stereocenters. The molecule has 0 fully saturated rings. The largest absolute Gasteiger partial charge is 0.493 e. The lowest BCUT2D eigenvalue weighted by Crippen LogP contribution is -2.23. The van der Waals surface area contributed by atoms with Gasteiger partial charge >= 0.3 is 0 Å². The van der Waals surface area contributed by atoms with Crippen molar-refractivity contribution in [2.24, 2.45) is 5.10 Å². The van der Waals surface area contributed by atoms with Gasteiger partial charge in [-0.3, -0.25) is 5.43 Å². The minimum Gasteiger partial charge on any atom is -0.493 e. The van der Waals surface area contributed by atoms with Crippen LogP contribution in [0.2, 0.25) is 5.02 Å². The summed E-state index contributed by atoms with van der Waals surface area (Å²) in [6.45, 7) is 0.571. The molecular formula is C24H24ClN3O4S. The molecule has 9 heteroatoms. The fraction of sp³-hybridized carbons (Fsp3) is 0.167. The first-order valence-corrected chi connectivity index (χ1v) is 10.8. The molecule has 0 heterocycles. The van der Waals surface area contributed by atoms with Gasteiger partial charge in [-0.05, 0) is 54.2 Å². The van der Waals surface area contributed by atoms with E-state index in [1.54, 1.807) is 32.6 Å². The van der Waals surface area contributed by atoms with Crippen molar-refractivity contribution < 1.29 is 18.9 Å². The van der Waals surface area contributed by atoms with Crippen LogP contribution in [0.15, 0.2) is 71.8 Å². The number of benzene rings is 3. The highest BCUT2D eigenvalue weighted by atomic mass is 35.5. The van der Waals surface area contributed by atoms with Crippen molar-refractivity contribution in [2.45, 2.75) is 0 Å². The Morgan fingerprint density at radius 2 is 1.58 bits per heavy atom. The number of methoxy groups -OCH3 is 2. The summed E-state index contributed by atoms with van der Waals surface area (Å²) in [4.78, 5) is 0. The molecule has 0 aliphatic rings. The molecular weight excluding hydrogens is 462 g/mol. The van der Waals surface area contributed by atoms with Gasteiger partial charge < -0.3 is 24.3 Å². The highest BCUT2D eigenvalue weighted by molar-refractivity contribution is 7.80. The summed E-state index contributed by atoms with van der Waals surface area (Å²) >= 11 is 11.7. The lowest BCUT2D eigenvalue weighted by atomic mass is 10.2. The molecule has 0 aliphatic heterocycles. The van der Waals surface area contributed by atoms with Gasteiger partial charge in [0.2, 0.25) is 0 Å². The molecule has 7 nitrogen and oxygen atoms in total. The average molecular weight is 486 g/mol. The Hall–Kier alpha value is -3.49. The molecule has 0 spiro atoms. The highest BCUT2D eigenvalue weighted by Crippen LogP contribution is 2.36.